The summed E-state index contributed by atoms with van der Waals surface area (Å²) in [4.78, 5) is 4.76. The minimum Gasteiger partial charge on any atom is -0.314 e. The van der Waals surface area contributed by atoms with Crippen molar-refractivity contribution < 1.29 is 0 Å². The second kappa shape index (κ2) is 15.8. The van der Waals surface area contributed by atoms with E-state index in [1.165, 1.54) is 66.8 Å². The maximum atomic E-state index is 2.42. The highest BCUT2D eigenvalue weighted by molar-refractivity contribution is 5.97. The first-order chi connectivity index (χ1) is 28.8. The van der Waals surface area contributed by atoms with Gasteiger partial charge < -0.3 is 9.80 Å². The number of allylic oxidation sites excluding steroid dienone is 12. The molecular weight excluding hydrogens is 701 g/mol. The molecule has 7 aromatic rings. The fourth-order valence-electron chi connectivity index (χ4n) is 8.79. The van der Waals surface area contributed by atoms with Gasteiger partial charge in [0.05, 0.1) is 0 Å². The quantitative estimate of drug-likeness (QED) is 0.145. The van der Waals surface area contributed by atoms with Crippen molar-refractivity contribution in [1.29, 1.82) is 0 Å². The summed E-state index contributed by atoms with van der Waals surface area (Å²) in [6, 6.07) is 63.8. The number of anilines is 5. The largest absolute Gasteiger partial charge is 0.314 e. The molecule has 0 bridgehead atoms. The maximum absolute atomic E-state index is 2.42. The normalized spacial score (nSPS) is 15.8. The molecule has 0 radical (unpaired) electrons. The van der Waals surface area contributed by atoms with E-state index in [2.05, 4.69) is 234 Å². The minimum absolute atomic E-state index is 0.470. The standard InChI is InChI=1S/C56H44N2/c1-3-17-47(18-4-1)57(51-37-29-45(30-38-51)55-23-11-15-43-13-7-9-21-53(43)55)49-33-25-41(26-34-49)42-27-35-50(36-28-42)58(48-19-5-2-6-20-48)52-39-31-46(32-40-52)56-24-12-16-44-14-8-10-22-54(44)56/h1-15,17-27,29-35,37-40,44H,16,28,36H2. The zero-order valence-electron chi connectivity index (χ0n) is 32.5. The van der Waals surface area contributed by atoms with Gasteiger partial charge in [-0.2, -0.15) is 0 Å². The summed E-state index contributed by atoms with van der Waals surface area (Å²) < 4.78 is 0. The monoisotopic (exact) mass is 744 g/mol. The van der Waals surface area contributed by atoms with Crippen LogP contribution < -0.4 is 9.80 Å². The molecule has 1 atom stereocenters. The van der Waals surface area contributed by atoms with Crippen LogP contribution in [0.25, 0.3) is 33.0 Å². The third-order valence-corrected chi connectivity index (χ3v) is 11.7. The van der Waals surface area contributed by atoms with E-state index in [0.29, 0.717) is 5.92 Å². The summed E-state index contributed by atoms with van der Waals surface area (Å²) in [5, 5.41) is 2.53. The molecule has 0 saturated heterocycles. The molecule has 10 rings (SSSR count). The van der Waals surface area contributed by atoms with Gasteiger partial charge in [-0.3, -0.25) is 0 Å². The summed E-state index contributed by atoms with van der Waals surface area (Å²) >= 11 is 0. The summed E-state index contributed by atoms with van der Waals surface area (Å²) in [7, 11) is 0. The lowest BCUT2D eigenvalue weighted by Crippen LogP contribution is -2.18. The number of para-hydroxylation sites is 2. The van der Waals surface area contributed by atoms with E-state index in [-0.39, 0.29) is 0 Å². The van der Waals surface area contributed by atoms with Gasteiger partial charge in [0.25, 0.3) is 0 Å². The van der Waals surface area contributed by atoms with Gasteiger partial charge in [0.1, 0.15) is 0 Å². The van der Waals surface area contributed by atoms with Crippen molar-refractivity contribution in [3.63, 3.8) is 0 Å². The van der Waals surface area contributed by atoms with E-state index < -0.39 is 0 Å². The van der Waals surface area contributed by atoms with Crippen molar-refractivity contribution in [1.82, 2.24) is 0 Å². The lowest BCUT2D eigenvalue weighted by atomic mass is 9.82. The van der Waals surface area contributed by atoms with Crippen LogP contribution in [-0.2, 0) is 0 Å². The number of rotatable bonds is 9. The smallest absolute Gasteiger partial charge is 0.0462 e. The molecule has 278 valence electrons. The molecule has 7 aromatic carbocycles. The number of benzene rings is 7. The number of hydrogen-bond donors (Lipinski definition) is 0. The fourth-order valence-corrected chi connectivity index (χ4v) is 8.79. The van der Waals surface area contributed by atoms with Gasteiger partial charge in [-0.1, -0.05) is 158 Å². The van der Waals surface area contributed by atoms with Crippen LogP contribution in [-0.4, -0.2) is 0 Å². The Morgan fingerprint density at radius 2 is 1.02 bits per heavy atom. The predicted molar refractivity (Wildman–Crippen MR) is 247 cm³/mol. The number of hydrogen-bond acceptors (Lipinski definition) is 2. The zero-order chi connectivity index (χ0) is 38.7. The van der Waals surface area contributed by atoms with Crippen LogP contribution in [0, 0.1) is 5.92 Å². The Morgan fingerprint density at radius 1 is 0.431 bits per heavy atom. The molecule has 3 aliphatic carbocycles. The van der Waals surface area contributed by atoms with Crippen molar-refractivity contribution in [3.05, 3.63) is 247 Å². The highest BCUT2D eigenvalue weighted by Gasteiger charge is 2.21. The summed E-state index contributed by atoms with van der Waals surface area (Å²) in [5.41, 5.74) is 16.1. The number of nitrogens with zero attached hydrogens (tertiary/aromatic N) is 2. The van der Waals surface area contributed by atoms with E-state index in [1.54, 1.807) is 0 Å². The van der Waals surface area contributed by atoms with E-state index in [4.69, 9.17) is 0 Å². The van der Waals surface area contributed by atoms with Gasteiger partial charge >= 0.3 is 0 Å². The minimum atomic E-state index is 0.470. The molecule has 0 N–H and O–H groups in total. The first-order valence-corrected chi connectivity index (χ1v) is 20.4. The Kier molecular flexibility index (Phi) is 9.59. The van der Waals surface area contributed by atoms with Crippen LogP contribution in [0.15, 0.2) is 236 Å². The third-order valence-electron chi connectivity index (χ3n) is 11.7. The Bertz CT molecular complexity index is 2760. The molecule has 0 aliphatic heterocycles. The van der Waals surface area contributed by atoms with Crippen LogP contribution in [0.1, 0.15) is 30.4 Å². The molecular formula is C56H44N2. The molecule has 1 unspecified atom stereocenters. The van der Waals surface area contributed by atoms with Gasteiger partial charge in [0, 0.05) is 40.1 Å². The fraction of sp³-hybridized carbons (Fsp3) is 0.0714. The van der Waals surface area contributed by atoms with Crippen molar-refractivity contribution >= 4 is 50.4 Å². The van der Waals surface area contributed by atoms with Crippen LogP contribution in [0.4, 0.5) is 28.4 Å². The summed E-state index contributed by atoms with van der Waals surface area (Å²) in [6.45, 7) is 0. The molecule has 0 spiro atoms. The van der Waals surface area contributed by atoms with E-state index >= 15 is 0 Å². The Balaban J connectivity index is 0.926. The van der Waals surface area contributed by atoms with Crippen molar-refractivity contribution in [2.24, 2.45) is 5.92 Å². The Hall–Kier alpha value is -7.16. The molecule has 58 heavy (non-hydrogen) atoms. The molecule has 0 aromatic heterocycles. The molecule has 0 fully saturated rings. The highest BCUT2D eigenvalue weighted by Crippen LogP contribution is 2.41. The van der Waals surface area contributed by atoms with Crippen molar-refractivity contribution in [2.75, 3.05) is 9.80 Å². The van der Waals surface area contributed by atoms with Crippen molar-refractivity contribution in [3.8, 4) is 11.1 Å². The maximum Gasteiger partial charge on any atom is 0.0462 e. The van der Waals surface area contributed by atoms with E-state index in [1.807, 2.05) is 0 Å². The highest BCUT2D eigenvalue weighted by atomic mass is 15.2. The van der Waals surface area contributed by atoms with Gasteiger partial charge in [-0.15, -0.1) is 0 Å². The van der Waals surface area contributed by atoms with E-state index in [0.717, 1.165) is 36.3 Å². The lowest BCUT2D eigenvalue weighted by molar-refractivity contribution is 0.784. The van der Waals surface area contributed by atoms with E-state index in [9.17, 15) is 0 Å². The summed E-state index contributed by atoms with van der Waals surface area (Å²) in [5.74, 6) is 0.470. The molecule has 3 aliphatic rings. The van der Waals surface area contributed by atoms with Gasteiger partial charge in [-0.05, 0) is 136 Å². The first kappa shape index (κ1) is 35.3. The Morgan fingerprint density at radius 3 is 1.71 bits per heavy atom. The third kappa shape index (κ3) is 6.95. The molecule has 2 nitrogen and oxygen atoms in total. The second-order valence-electron chi connectivity index (χ2n) is 15.2. The van der Waals surface area contributed by atoms with Gasteiger partial charge in [-0.25, -0.2) is 0 Å². The van der Waals surface area contributed by atoms with Gasteiger partial charge in [0.2, 0.25) is 0 Å². The molecule has 0 saturated carbocycles. The predicted octanol–water partition coefficient (Wildman–Crippen LogP) is 15.3. The van der Waals surface area contributed by atoms with Crippen LogP contribution >= 0.6 is 0 Å². The lowest BCUT2D eigenvalue weighted by Gasteiger charge is -2.30. The van der Waals surface area contributed by atoms with Gasteiger partial charge in [0.15, 0.2) is 0 Å². The van der Waals surface area contributed by atoms with Crippen LogP contribution in [0.2, 0.25) is 0 Å². The van der Waals surface area contributed by atoms with Crippen LogP contribution in [0.5, 0.6) is 0 Å². The Labute approximate surface area is 342 Å². The topological polar surface area (TPSA) is 6.48 Å². The first-order valence-electron chi connectivity index (χ1n) is 20.4. The molecule has 2 heteroatoms. The molecule has 0 amide bonds. The number of fused-ring (bicyclic) bond motifs is 2. The van der Waals surface area contributed by atoms with Crippen LogP contribution in [0.3, 0.4) is 0 Å². The molecule has 0 heterocycles. The summed E-state index contributed by atoms with van der Waals surface area (Å²) in [6.07, 6.45) is 21.2. The SMILES string of the molecule is C1=CC2=C(c3ccc(N(C4=CC=C(c5ccc(N(c6ccccc6)c6ccc(-c7cccc8ccccc78)cc6)cc5)CC4)c4ccccc4)cc3)C=CCC2C=C1. The zero-order valence-corrected chi connectivity index (χ0v) is 32.5. The average Bonchev–Trinajstić information content (AvgIpc) is 3.30. The second-order valence-corrected chi connectivity index (χ2v) is 15.2. The van der Waals surface area contributed by atoms with Crippen molar-refractivity contribution in [2.45, 2.75) is 19.3 Å². The average molecular weight is 745 g/mol.